The van der Waals surface area contributed by atoms with Crippen LogP contribution in [0.1, 0.15) is 11.1 Å². The molecule has 0 amide bonds. The molecule has 3 aromatic carbocycles. The largest absolute Gasteiger partial charge is 0.342 e. The van der Waals surface area contributed by atoms with Crippen LogP contribution in [-0.2, 0) is 16.6 Å². The first-order valence-corrected chi connectivity index (χ1v) is 11.6. The molecule has 0 radical (unpaired) electrons. The summed E-state index contributed by atoms with van der Waals surface area (Å²) in [6, 6.07) is 20.6. The summed E-state index contributed by atoms with van der Waals surface area (Å²) in [6.07, 6.45) is 3.39. The quantitative estimate of drug-likeness (QED) is 0.221. The predicted molar refractivity (Wildman–Crippen MR) is 125 cm³/mol. The van der Waals surface area contributed by atoms with Crippen LogP contribution in [0.3, 0.4) is 0 Å². The van der Waals surface area contributed by atoms with E-state index in [1.165, 1.54) is 30.5 Å². The van der Waals surface area contributed by atoms with Gasteiger partial charge in [0.1, 0.15) is 5.82 Å². The summed E-state index contributed by atoms with van der Waals surface area (Å²) in [6.45, 7) is 0.559. The van der Waals surface area contributed by atoms with Gasteiger partial charge in [-0.05, 0) is 70.6 Å². The first-order chi connectivity index (χ1) is 14.4. The van der Waals surface area contributed by atoms with Gasteiger partial charge in [-0.15, -0.1) is 0 Å². The van der Waals surface area contributed by atoms with Gasteiger partial charge < -0.3 is 4.57 Å². The van der Waals surface area contributed by atoms with Crippen molar-refractivity contribution in [1.29, 1.82) is 0 Å². The molecule has 0 aliphatic heterocycles. The molecule has 0 atom stereocenters. The van der Waals surface area contributed by atoms with E-state index in [1.54, 1.807) is 24.3 Å². The SMILES string of the molecule is O=S(=O)(N/N=C\c1cn(Cc2ccc(F)cc2)c2ccccc12)c1ccc(I)cc1. The van der Waals surface area contributed by atoms with Gasteiger partial charge in [0, 0.05) is 32.8 Å². The van der Waals surface area contributed by atoms with E-state index in [1.807, 2.05) is 35.0 Å². The zero-order valence-electron chi connectivity index (χ0n) is 15.7. The van der Waals surface area contributed by atoms with Gasteiger partial charge in [0.25, 0.3) is 10.0 Å². The van der Waals surface area contributed by atoms with Crippen molar-refractivity contribution < 1.29 is 12.8 Å². The van der Waals surface area contributed by atoms with Crippen LogP contribution in [0.5, 0.6) is 0 Å². The second kappa shape index (κ2) is 8.57. The topological polar surface area (TPSA) is 63.5 Å². The minimum atomic E-state index is -3.74. The minimum Gasteiger partial charge on any atom is -0.342 e. The zero-order chi connectivity index (χ0) is 21.1. The van der Waals surface area contributed by atoms with Crippen molar-refractivity contribution in [2.75, 3.05) is 0 Å². The molecule has 0 fully saturated rings. The van der Waals surface area contributed by atoms with Crippen LogP contribution in [0, 0.1) is 9.39 Å². The standard InChI is InChI=1S/C22H17FIN3O2S/c23-18-7-5-16(6-8-18)14-27-15-17(21-3-1-2-4-22(21)27)13-25-26-30(28,29)20-11-9-19(24)10-12-20/h1-13,15,26H,14H2/b25-13-. The highest BCUT2D eigenvalue weighted by molar-refractivity contribution is 14.1. The predicted octanol–water partition coefficient (Wildman–Crippen LogP) is 4.75. The number of halogens is 2. The molecule has 0 saturated carbocycles. The second-order valence-electron chi connectivity index (χ2n) is 6.66. The molecule has 0 aliphatic rings. The number of fused-ring (bicyclic) bond motifs is 1. The number of hydrazone groups is 1. The van der Waals surface area contributed by atoms with Crippen LogP contribution < -0.4 is 4.83 Å². The Morgan fingerprint density at radius 1 is 1.00 bits per heavy atom. The first-order valence-electron chi connectivity index (χ1n) is 9.05. The number of aromatic nitrogens is 1. The number of nitrogens with zero attached hydrogens (tertiary/aromatic N) is 2. The molecular formula is C22H17FIN3O2S. The summed E-state index contributed by atoms with van der Waals surface area (Å²) in [4.78, 5) is 2.41. The molecule has 0 bridgehead atoms. The van der Waals surface area contributed by atoms with E-state index in [9.17, 15) is 12.8 Å². The fraction of sp³-hybridized carbons (Fsp3) is 0.0455. The Hall–Kier alpha value is -2.72. The van der Waals surface area contributed by atoms with Crippen LogP contribution in [0.4, 0.5) is 4.39 Å². The van der Waals surface area contributed by atoms with Gasteiger partial charge >= 0.3 is 0 Å². The lowest BCUT2D eigenvalue weighted by Gasteiger charge is -2.05. The molecular weight excluding hydrogens is 516 g/mol. The van der Waals surface area contributed by atoms with Crippen molar-refractivity contribution in [3.8, 4) is 0 Å². The summed E-state index contributed by atoms with van der Waals surface area (Å²) >= 11 is 2.11. The van der Waals surface area contributed by atoms with E-state index >= 15 is 0 Å². The van der Waals surface area contributed by atoms with Crippen molar-refractivity contribution >= 4 is 49.7 Å². The van der Waals surface area contributed by atoms with Gasteiger partial charge in [-0.3, -0.25) is 0 Å². The smallest absolute Gasteiger partial charge is 0.276 e. The Kier molecular flexibility index (Phi) is 5.87. The highest BCUT2D eigenvalue weighted by atomic mass is 127. The number of benzene rings is 3. The van der Waals surface area contributed by atoms with Crippen molar-refractivity contribution in [3.05, 3.63) is 99.5 Å². The average molecular weight is 533 g/mol. The van der Waals surface area contributed by atoms with Gasteiger partial charge in [-0.1, -0.05) is 30.3 Å². The van der Waals surface area contributed by atoms with Gasteiger partial charge in [0.15, 0.2) is 0 Å². The Morgan fingerprint density at radius 3 is 2.43 bits per heavy atom. The maximum absolute atomic E-state index is 13.2. The van der Waals surface area contributed by atoms with Gasteiger partial charge in [0.05, 0.1) is 11.1 Å². The van der Waals surface area contributed by atoms with Crippen LogP contribution in [0.2, 0.25) is 0 Å². The molecule has 0 saturated heterocycles. The monoisotopic (exact) mass is 533 g/mol. The Bertz CT molecular complexity index is 1320. The zero-order valence-corrected chi connectivity index (χ0v) is 18.6. The molecule has 1 aromatic heterocycles. The third-order valence-corrected chi connectivity index (χ3v) is 6.54. The number of rotatable bonds is 6. The third-order valence-electron chi connectivity index (χ3n) is 4.59. The van der Waals surface area contributed by atoms with Crippen LogP contribution in [-0.4, -0.2) is 19.2 Å². The molecule has 0 spiro atoms. The van der Waals surface area contributed by atoms with Gasteiger partial charge in [0.2, 0.25) is 0 Å². The third kappa shape index (κ3) is 4.54. The van der Waals surface area contributed by atoms with Crippen LogP contribution in [0.15, 0.2) is 89.0 Å². The second-order valence-corrected chi connectivity index (χ2v) is 9.57. The maximum atomic E-state index is 13.2. The number of nitrogens with one attached hydrogen (secondary N) is 1. The lowest BCUT2D eigenvalue weighted by Crippen LogP contribution is -2.18. The molecule has 1 heterocycles. The Morgan fingerprint density at radius 2 is 1.70 bits per heavy atom. The summed E-state index contributed by atoms with van der Waals surface area (Å²) in [5.74, 6) is -0.274. The highest BCUT2D eigenvalue weighted by Crippen LogP contribution is 2.21. The molecule has 8 heteroatoms. The van der Waals surface area contributed by atoms with Crippen molar-refractivity contribution in [2.24, 2.45) is 5.10 Å². The van der Waals surface area contributed by atoms with Gasteiger partial charge in [-0.2, -0.15) is 13.5 Å². The highest BCUT2D eigenvalue weighted by Gasteiger charge is 2.12. The van der Waals surface area contributed by atoms with E-state index < -0.39 is 10.0 Å². The molecule has 152 valence electrons. The number of hydrogen-bond donors (Lipinski definition) is 1. The number of sulfonamides is 1. The normalized spacial score (nSPS) is 11.9. The molecule has 4 rings (SSSR count). The Balaban J connectivity index is 1.59. The molecule has 30 heavy (non-hydrogen) atoms. The van der Waals surface area contributed by atoms with Crippen LogP contribution >= 0.6 is 22.6 Å². The van der Waals surface area contributed by atoms with Crippen molar-refractivity contribution in [3.63, 3.8) is 0 Å². The van der Waals surface area contributed by atoms with E-state index in [0.717, 1.165) is 25.6 Å². The van der Waals surface area contributed by atoms with E-state index in [4.69, 9.17) is 0 Å². The molecule has 0 unspecified atom stereocenters. The Labute approximate surface area is 187 Å². The lowest BCUT2D eigenvalue weighted by atomic mass is 10.2. The average Bonchev–Trinajstić information content (AvgIpc) is 3.08. The summed E-state index contributed by atoms with van der Waals surface area (Å²) < 4.78 is 41.0. The molecule has 0 aliphatic carbocycles. The summed E-state index contributed by atoms with van der Waals surface area (Å²) in [7, 11) is -3.74. The minimum absolute atomic E-state index is 0.152. The van der Waals surface area contributed by atoms with E-state index in [-0.39, 0.29) is 10.7 Å². The first kappa shape index (κ1) is 20.5. The van der Waals surface area contributed by atoms with Crippen LogP contribution in [0.25, 0.3) is 10.9 Å². The van der Waals surface area contributed by atoms with Gasteiger partial charge in [-0.25, -0.2) is 9.22 Å². The summed E-state index contributed by atoms with van der Waals surface area (Å²) in [5, 5.41) is 4.91. The number of hydrogen-bond acceptors (Lipinski definition) is 3. The molecule has 1 N–H and O–H groups in total. The lowest BCUT2D eigenvalue weighted by molar-refractivity contribution is 0.584. The fourth-order valence-electron chi connectivity index (χ4n) is 3.13. The van der Waals surface area contributed by atoms with Crippen molar-refractivity contribution in [1.82, 2.24) is 9.40 Å². The van der Waals surface area contributed by atoms with Crippen molar-refractivity contribution in [2.45, 2.75) is 11.4 Å². The molecule has 5 nitrogen and oxygen atoms in total. The summed E-state index contributed by atoms with van der Waals surface area (Å²) in [5.41, 5.74) is 2.71. The van der Waals surface area contributed by atoms with E-state index in [2.05, 4.69) is 32.5 Å². The fourth-order valence-corrected chi connectivity index (χ4v) is 4.28. The van der Waals surface area contributed by atoms with E-state index in [0.29, 0.717) is 6.54 Å². The number of para-hydroxylation sites is 1. The molecule has 4 aromatic rings. The maximum Gasteiger partial charge on any atom is 0.276 e.